The summed E-state index contributed by atoms with van der Waals surface area (Å²) in [5.41, 5.74) is 1.45. The number of ether oxygens (including phenoxy) is 2. The molecule has 0 bridgehead atoms. The van der Waals surface area contributed by atoms with Gasteiger partial charge in [-0.3, -0.25) is 14.6 Å². The number of hydrogen-bond acceptors (Lipinski definition) is 7. The maximum absolute atomic E-state index is 12.8. The molecule has 0 aliphatic rings. The lowest BCUT2D eigenvalue weighted by Crippen LogP contribution is -2.27. The lowest BCUT2D eigenvalue weighted by molar-refractivity contribution is 0.0944. The fraction of sp³-hybridized carbons (Fsp3) is 0.200. The molecule has 0 aliphatic carbocycles. The maximum Gasteiger partial charge on any atom is 0.275 e. The molecule has 0 aliphatic heterocycles. The summed E-state index contributed by atoms with van der Waals surface area (Å²) in [6.07, 6.45) is 4.28. The van der Waals surface area contributed by atoms with Crippen molar-refractivity contribution >= 4 is 28.8 Å². The SMILES string of the molecule is COc1ccc([C@@H](C)NC(=O)c2sccc2NC(=O)c2cnccn2)cc1OC. The molecule has 0 radical (unpaired) electrons. The Hall–Kier alpha value is -3.46. The van der Waals surface area contributed by atoms with Crippen molar-refractivity contribution in [3.8, 4) is 11.5 Å². The molecule has 8 nitrogen and oxygen atoms in total. The normalized spacial score (nSPS) is 11.4. The van der Waals surface area contributed by atoms with Crippen LogP contribution < -0.4 is 20.1 Å². The first-order chi connectivity index (χ1) is 14.0. The van der Waals surface area contributed by atoms with E-state index in [4.69, 9.17) is 9.47 Å². The summed E-state index contributed by atoms with van der Waals surface area (Å²) in [5, 5.41) is 7.38. The van der Waals surface area contributed by atoms with Crippen LogP contribution in [0.2, 0.25) is 0 Å². The minimum absolute atomic E-state index is 0.170. The van der Waals surface area contributed by atoms with Gasteiger partial charge in [-0.25, -0.2) is 4.98 Å². The molecule has 2 heterocycles. The average Bonchev–Trinajstić information content (AvgIpc) is 3.21. The van der Waals surface area contributed by atoms with Gasteiger partial charge >= 0.3 is 0 Å². The minimum atomic E-state index is -0.432. The van der Waals surface area contributed by atoms with Crippen molar-refractivity contribution in [2.45, 2.75) is 13.0 Å². The van der Waals surface area contributed by atoms with Crippen LogP contribution in [0.3, 0.4) is 0 Å². The van der Waals surface area contributed by atoms with Crippen molar-refractivity contribution in [1.82, 2.24) is 15.3 Å². The molecule has 0 spiro atoms. The highest BCUT2D eigenvalue weighted by Crippen LogP contribution is 2.30. The average molecular weight is 412 g/mol. The number of nitrogens with zero attached hydrogens (tertiary/aromatic N) is 2. The van der Waals surface area contributed by atoms with Gasteiger partial charge in [-0.05, 0) is 36.1 Å². The maximum atomic E-state index is 12.8. The van der Waals surface area contributed by atoms with Crippen LogP contribution in [-0.2, 0) is 0 Å². The molecule has 29 heavy (non-hydrogen) atoms. The molecular weight excluding hydrogens is 392 g/mol. The zero-order valence-electron chi connectivity index (χ0n) is 16.1. The molecule has 2 aromatic heterocycles. The fourth-order valence-electron chi connectivity index (χ4n) is 2.65. The van der Waals surface area contributed by atoms with E-state index in [1.54, 1.807) is 31.7 Å². The summed E-state index contributed by atoms with van der Waals surface area (Å²) >= 11 is 1.24. The van der Waals surface area contributed by atoms with Crippen molar-refractivity contribution in [1.29, 1.82) is 0 Å². The molecular formula is C20H20N4O4S. The Kier molecular flexibility index (Phi) is 6.40. The number of hydrogen-bond donors (Lipinski definition) is 2. The standard InChI is InChI=1S/C20H20N4O4S/c1-12(13-4-5-16(27-2)17(10-13)28-3)23-20(26)18-14(6-9-29-18)24-19(25)15-11-21-7-8-22-15/h4-12H,1-3H3,(H,23,26)(H,24,25)/t12-/m1/s1. The Bertz CT molecular complexity index is 1010. The second-order valence-electron chi connectivity index (χ2n) is 6.02. The zero-order chi connectivity index (χ0) is 20.8. The van der Waals surface area contributed by atoms with E-state index in [0.717, 1.165) is 5.56 Å². The Morgan fingerprint density at radius 1 is 1.07 bits per heavy atom. The number of benzene rings is 1. The molecule has 0 fully saturated rings. The molecule has 0 unspecified atom stereocenters. The van der Waals surface area contributed by atoms with E-state index >= 15 is 0 Å². The van der Waals surface area contributed by atoms with E-state index < -0.39 is 5.91 Å². The third-order valence-corrected chi connectivity index (χ3v) is 5.08. The van der Waals surface area contributed by atoms with Crippen molar-refractivity contribution in [2.24, 2.45) is 0 Å². The van der Waals surface area contributed by atoms with Crippen LogP contribution in [0.1, 0.15) is 38.7 Å². The Balaban J connectivity index is 1.72. The van der Waals surface area contributed by atoms with E-state index in [-0.39, 0.29) is 17.6 Å². The lowest BCUT2D eigenvalue weighted by Gasteiger charge is -2.16. The first kappa shape index (κ1) is 20.3. The zero-order valence-corrected chi connectivity index (χ0v) is 16.9. The molecule has 150 valence electrons. The first-order valence-corrected chi connectivity index (χ1v) is 9.59. The van der Waals surface area contributed by atoms with E-state index in [9.17, 15) is 9.59 Å². The highest BCUT2D eigenvalue weighted by molar-refractivity contribution is 7.12. The predicted molar refractivity (Wildman–Crippen MR) is 110 cm³/mol. The second kappa shape index (κ2) is 9.16. The number of carbonyl (C=O) groups is 2. The summed E-state index contributed by atoms with van der Waals surface area (Å²) in [6, 6.07) is 6.85. The minimum Gasteiger partial charge on any atom is -0.493 e. The first-order valence-electron chi connectivity index (χ1n) is 8.71. The summed E-state index contributed by atoms with van der Waals surface area (Å²) in [4.78, 5) is 33.3. The third-order valence-electron chi connectivity index (χ3n) is 4.17. The number of amides is 2. The van der Waals surface area contributed by atoms with Gasteiger partial charge in [-0.1, -0.05) is 6.07 Å². The molecule has 1 atom stereocenters. The van der Waals surface area contributed by atoms with Gasteiger partial charge in [0.05, 0.1) is 32.1 Å². The van der Waals surface area contributed by atoms with Gasteiger partial charge in [0, 0.05) is 12.4 Å². The number of carbonyl (C=O) groups excluding carboxylic acids is 2. The molecule has 9 heteroatoms. The van der Waals surface area contributed by atoms with Crippen LogP contribution in [-0.4, -0.2) is 36.0 Å². The molecule has 1 aromatic carbocycles. The van der Waals surface area contributed by atoms with Crippen LogP contribution >= 0.6 is 11.3 Å². The summed E-state index contributed by atoms with van der Waals surface area (Å²) in [5.74, 6) is 0.469. The van der Waals surface area contributed by atoms with Gasteiger partial charge in [0.2, 0.25) is 0 Å². The van der Waals surface area contributed by atoms with Gasteiger partial charge in [0.15, 0.2) is 11.5 Å². The van der Waals surface area contributed by atoms with Gasteiger partial charge < -0.3 is 20.1 Å². The number of nitrogens with one attached hydrogen (secondary N) is 2. The van der Waals surface area contributed by atoms with E-state index in [1.165, 1.54) is 29.9 Å². The van der Waals surface area contributed by atoms with Gasteiger partial charge in [-0.2, -0.15) is 0 Å². The van der Waals surface area contributed by atoms with Gasteiger partial charge in [0.1, 0.15) is 10.6 Å². The molecule has 3 rings (SSSR count). The van der Waals surface area contributed by atoms with E-state index in [1.807, 2.05) is 19.1 Å². The van der Waals surface area contributed by atoms with Crippen LogP contribution in [0, 0.1) is 0 Å². The lowest BCUT2D eigenvalue weighted by atomic mass is 10.1. The van der Waals surface area contributed by atoms with Gasteiger partial charge in [0.25, 0.3) is 11.8 Å². The Labute approximate surface area is 171 Å². The van der Waals surface area contributed by atoms with Gasteiger partial charge in [-0.15, -0.1) is 11.3 Å². The topological polar surface area (TPSA) is 102 Å². The number of thiophene rings is 1. The van der Waals surface area contributed by atoms with Crippen molar-refractivity contribution in [3.63, 3.8) is 0 Å². The van der Waals surface area contributed by atoms with Crippen LogP contribution in [0.5, 0.6) is 11.5 Å². The van der Waals surface area contributed by atoms with Crippen LogP contribution in [0.15, 0.2) is 48.2 Å². The molecule has 0 saturated carbocycles. The van der Waals surface area contributed by atoms with Crippen LogP contribution in [0.25, 0.3) is 0 Å². The molecule has 2 N–H and O–H groups in total. The molecule has 2 amide bonds. The van der Waals surface area contributed by atoms with Crippen LogP contribution in [0.4, 0.5) is 5.69 Å². The van der Waals surface area contributed by atoms with Crippen molar-refractivity contribution in [2.75, 3.05) is 19.5 Å². The van der Waals surface area contributed by atoms with E-state index in [2.05, 4.69) is 20.6 Å². The quantitative estimate of drug-likeness (QED) is 0.617. The predicted octanol–water partition coefficient (Wildman–Crippen LogP) is 3.30. The number of aromatic nitrogens is 2. The fourth-order valence-corrected chi connectivity index (χ4v) is 3.41. The Morgan fingerprint density at radius 3 is 2.55 bits per heavy atom. The van der Waals surface area contributed by atoms with Crippen molar-refractivity contribution < 1.29 is 19.1 Å². The number of anilines is 1. The monoisotopic (exact) mass is 412 g/mol. The largest absolute Gasteiger partial charge is 0.493 e. The summed E-state index contributed by atoms with van der Waals surface area (Å²) in [6.45, 7) is 1.87. The Morgan fingerprint density at radius 2 is 1.86 bits per heavy atom. The highest BCUT2D eigenvalue weighted by Gasteiger charge is 2.19. The van der Waals surface area contributed by atoms with Crippen molar-refractivity contribution in [3.05, 3.63) is 64.4 Å². The summed E-state index contributed by atoms with van der Waals surface area (Å²) in [7, 11) is 3.12. The molecule has 3 aromatic rings. The molecule has 0 saturated heterocycles. The van der Waals surface area contributed by atoms with E-state index in [0.29, 0.717) is 22.1 Å². The smallest absolute Gasteiger partial charge is 0.275 e. The summed E-state index contributed by atoms with van der Waals surface area (Å²) < 4.78 is 10.6. The number of rotatable bonds is 7. The highest BCUT2D eigenvalue weighted by atomic mass is 32.1. The second-order valence-corrected chi connectivity index (χ2v) is 6.93. The third kappa shape index (κ3) is 4.69. The number of methoxy groups -OCH3 is 2.